The van der Waals surface area contributed by atoms with Gasteiger partial charge in [-0.2, -0.15) is 0 Å². The van der Waals surface area contributed by atoms with Gasteiger partial charge in [0.25, 0.3) is 0 Å². The van der Waals surface area contributed by atoms with Gasteiger partial charge in [-0.25, -0.2) is 0 Å². The summed E-state index contributed by atoms with van der Waals surface area (Å²) in [6, 6.07) is 0. The van der Waals surface area contributed by atoms with Gasteiger partial charge in [-0.05, 0) is 42.4 Å². The van der Waals surface area contributed by atoms with Crippen molar-refractivity contribution in [2.75, 3.05) is 5.75 Å². The molecule has 0 aromatic rings. The van der Waals surface area contributed by atoms with Crippen LogP contribution in [-0.2, 0) is 0 Å². The molecular weight excluding hydrogens is 188 g/mol. The van der Waals surface area contributed by atoms with Crippen LogP contribution in [0.3, 0.4) is 0 Å². The number of hydrogen-bond acceptors (Lipinski definition) is 1. The molecule has 0 saturated heterocycles. The van der Waals surface area contributed by atoms with Crippen LogP contribution in [0.15, 0.2) is 23.6 Å². The van der Waals surface area contributed by atoms with Gasteiger partial charge in [-0.1, -0.05) is 25.0 Å². The summed E-state index contributed by atoms with van der Waals surface area (Å²) in [4.78, 5) is 1.68. The standard InChI is InChI=1S/C13H20S/c1-2-10-14-13-9-5-7-11-6-3-4-8-12(11)13/h2,9,11-12H,1,3-8,10H2. The molecule has 0 aliphatic heterocycles. The second kappa shape index (κ2) is 5.06. The molecule has 1 heteroatoms. The first-order chi connectivity index (χ1) is 6.92. The molecule has 0 aromatic carbocycles. The van der Waals surface area contributed by atoms with Gasteiger partial charge in [0.2, 0.25) is 0 Å². The van der Waals surface area contributed by atoms with E-state index in [1.807, 2.05) is 17.8 Å². The number of fused-ring (bicyclic) bond motifs is 1. The quantitative estimate of drug-likeness (QED) is 0.620. The van der Waals surface area contributed by atoms with Crippen LogP contribution in [0.2, 0.25) is 0 Å². The first kappa shape index (κ1) is 10.4. The summed E-state index contributed by atoms with van der Waals surface area (Å²) < 4.78 is 0. The molecule has 0 radical (unpaired) electrons. The van der Waals surface area contributed by atoms with Crippen molar-refractivity contribution in [2.24, 2.45) is 11.8 Å². The predicted octanol–water partition coefficient (Wildman–Crippen LogP) is 4.39. The van der Waals surface area contributed by atoms with Gasteiger partial charge in [0.1, 0.15) is 0 Å². The van der Waals surface area contributed by atoms with Crippen molar-refractivity contribution >= 4 is 11.8 Å². The average molecular weight is 208 g/mol. The number of hydrogen-bond donors (Lipinski definition) is 0. The first-order valence-corrected chi connectivity index (χ1v) is 6.84. The van der Waals surface area contributed by atoms with Crippen molar-refractivity contribution in [1.29, 1.82) is 0 Å². The summed E-state index contributed by atoms with van der Waals surface area (Å²) in [7, 11) is 0. The molecule has 0 amide bonds. The number of rotatable bonds is 3. The van der Waals surface area contributed by atoms with E-state index in [1.165, 1.54) is 38.5 Å². The second-order valence-electron chi connectivity index (χ2n) is 4.43. The normalized spacial score (nSPS) is 31.9. The lowest BCUT2D eigenvalue weighted by Gasteiger charge is -2.36. The summed E-state index contributed by atoms with van der Waals surface area (Å²) in [6.07, 6.45) is 13.1. The molecule has 78 valence electrons. The third-order valence-electron chi connectivity index (χ3n) is 3.53. The van der Waals surface area contributed by atoms with Gasteiger partial charge in [0.15, 0.2) is 0 Å². The highest BCUT2D eigenvalue weighted by atomic mass is 32.2. The van der Waals surface area contributed by atoms with Crippen molar-refractivity contribution in [3.05, 3.63) is 23.6 Å². The zero-order valence-corrected chi connectivity index (χ0v) is 9.69. The monoisotopic (exact) mass is 208 g/mol. The lowest BCUT2D eigenvalue weighted by Crippen LogP contribution is -2.23. The average Bonchev–Trinajstić information content (AvgIpc) is 2.26. The molecule has 2 aliphatic rings. The maximum absolute atomic E-state index is 3.80. The van der Waals surface area contributed by atoms with Crippen molar-refractivity contribution in [2.45, 2.75) is 38.5 Å². The highest BCUT2D eigenvalue weighted by Crippen LogP contribution is 2.44. The van der Waals surface area contributed by atoms with Gasteiger partial charge in [0, 0.05) is 5.75 Å². The van der Waals surface area contributed by atoms with Crippen LogP contribution in [0.4, 0.5) is 0 Å². The number of allylic oxidation sites excluding steroid dienone is 2. The van der Waals surface area contributed by atoms with E-state index in [0.29, 0.717) is 0 Å². The summed E-state index contributed by atoms with van der Waals surface area (Å²) in [6.45, 7) is 3.80. The smallest absolute Gasteiger partial charge is 0.0155 e. The minimum atomic E-state index is 0.919. The highest BCUT2D eigenvalue weighted by Gasteiger charge is 2.29. The maximum atomic E-state index is 3.80. The van der Waals surface area contributed by atoms with Crippen molar-refractivity contribution < 1.29 is 0 Å². The highest BCUT2D eigenvalue weighted by molar-refractivity contribution is 8.03. The van der Waals surface area contributed by atoms with Crippen LogP contribution in [0.1, 0.15) is 38.5 Å². The second-order valence-corrected chi connectivity index (χ2v) is 5.53. The van der Waals surface area contributed by atoms with Gasteiger partial charge < -0.3 is 0 Å². The molecule has 0 aromatic heterocycles. The Kier molecular flexibility index (Phi) is 3.74. The topological polar surface area (TPSA) is 0 Å². The van der Waals surface area contributed by atoms with E-state index in [0.717, 1.165) is 17.6 Å². The van der Waals surface area contributed by atoms with Crippen LogP contribution in [0, 0.1) is 11.8 Å². The van der Waals surface area contributed by atoms with Crippen molar-refractivity contribution in [3.63, 3.8) is 0 Å². The Hall–Kier alpha value is -0.170. The zero-order chi connectivity index (χ0) is 9.80. The summed E-state index contributed by atoms with van der Waals surface area (Å²) >= 11 is 2.03. The van der Waals surface area contributed by atoms with E-state index < -0.39 is 0 Å². The molecular formula is C13H20S. The molecule has 0 spiro atoms. The van der Waals surface area contributed by atoms with E-state index >= 15 is 0 Å². The Morgan fingerprint density at radius 3 is 3.07 bits per heavy atom. The van der Waals surface area contributed by atoms with Gasteiger partial charge in [-0.3, -0.25) is 0 Å². The molecule has 2 atom stereocenters. The molecule has 2 aliphatic carbocycles. The SMILES string of the molecule is C=CCSC1=CCCC2CCCCC12. The van der Waals surface area contributed by atoms with Crippen LogP contribution in [-0.4, -0.2) is 5.75 Å². The Morgan fingerprint density at radius 1 is 1.36 bits per heavy atom. The molecule has 0 heterocycles. The van der Waals surface area contributed by atoms with Crippen LogP contribution in [0.25, 0.3) is 0 Å². The van der Waals surface area contributed by atoms with Gasteiger partial charge in [0.05, 0.1) is 0 Å². The predicted molar refractivity (Wildman–Crippen MR) is 65.4 cm³/mol. The zero-order valence-electron chi connectivity index (χ0n) is 8.87. The number of thioether (sulfide) groups is 1. The fourth-order valence-corrected chi connectivity index (χ4v) is 3.91. The molecule has 0 nitrogen and oxygen atoms in total. The van der Waals surface area contributed by atoms with Crippen LogP contribution < -0.4 is 0 Å². The lowest BCUT2D eigenvalue weighted by molar-refractivity contribution is 0.256. The summed E-state index contributed by atoms with van der Waals surface area (Å²) in [5.74, 6) is 3.03. The molecule has 1 fully saturated rings. The lowest BCUT2D eigenvalue weighted by atomic mass is 9.74. The molecule has 0 N–H and O–H groups in total. The third kappa shape index (κ3) is 2.25. The van der Waals surface area contributed by atoms with Crippen LogP contribution in [0.5, 0.6) is 0 Å². The summed E-state index contributed by atoms with van der Waals surface area (Å²) in [5.41, 5.74) is 0. The third-order valence-corrected chi connectivity index (χ3v) is 4.73. The minimum Gasteiger partial charge on any atom is -0.126 e. The fraction of sp³-hybridized carbons (Fsp3) is 0.692. The molecule has 2 unspecified atom stereocenters. The Labute approximate surface area is 91.9 Å². The minimum absolute atomic E-state index is 0.919. The molecule has 0 bridgehead atoms. The largest absolute Gasteiger partial charge is 0.126 e. The molecule has 14 heavy (non-hydrogen) atoms. The summed E-state index contributed by atoms with van der Waals surface area (Å²) in [5, 5.41) is 0. The first-order valence-electron chi connectivity index (χ1n) is 5.85. The van der Waals surface area contributed by atoms with E-state index in [9.17, 15) is 0 Å². The Bertz CT molecular complexity index is 229. The maximum Gasteiger partial charge on any atom is 0.0155 e. The molecule has 1 saturated carbocycles. The van der Waals surface area contributed by atoms with Gasteiger partial charge >= 0.3 is 0 Å². The van der Waals surface area contributed by atoms with Crippen LogP contribution >= 0.6 is 11.8 Å². The Balaban J connectivity index is 1.99. The van der Waals surface area contributed by atoms with Crippen molar-refractivity contribution in [3.8, 4) is 0 Å². The van der Waals surface area contributed by atoms with Crippen molar-refractivity contribution in [1.82, 2.24) is 0 Å². The van der Waals surface area contributed by atoms with E-state index in [1.54, 1.807) is 4.91 Å². The van der Waals surface area contributed by atoms with E-state index in [4.69, 9.17) is 0 Å². The fourth-order valence-electron chi connectivity index (χ4n) is 2.84. The Morgan fingerprint density at radius 2 is 2.21 bits per heavy atom. The van der Waals surface area contributed by atoms with E-state index in [-0.39, 0.29) is 0 Å². The van der Waals surface area contributed by atoms with E-state index in [2.05, 4.69) is 12.7 Å². The van der Waals surface area contributed by atoms with Gasteiger partial charge in [-0.15, -0.1) is 18.3 Å². The molecule has 2 rings (SSSR count).